The van der Waals surface area contributed by atoms with Gasteiger partial charge in [-0.1, -0.05) is 48.0 Å². The van der Waals surface area contributed by atoms with Crippen LogP contribution in [0.4, 0.5) is 5.69 Å². The second-order valence-electron chi connectivity index (χ2n) is 6.62. The molecule has 0 saturated carbocycles. The van der Waals surface area contributed by atoms with Crippen LogP contribution in [0.25, 0.3) is 10.9 Å². The van der Waals surface area contributed by atoms with Crippen molar-refractivity contribution in [1.29, 1.82) is 0 Å². The first-order valence-corrected chi connectivity index (χ1v) is 9.72. The first kappa shape index (κ1) is 20.4. The van der Waals surface area contributed by atoms with Gasteiger partial charge >= 0.3 is 0 Å². The fraction of sp³-hybridized carbons (Fsp3) is 0.0909. The van der Waals surface area contributed by atoms with Crippen molar-refractivity contribution < 1.29 is 19.1 Å². The number of benzene rings is 2. The van der Waals surface area contributed by atoms with Crippen molar-refractivity contribution in [2.75, 3.05) is 6.54 Å². The summed E-state index contributed by atoms with van der Waals surface area (Å²) < 4.78 is 6.61. The summed E-state index contributed by atoms with van der Waals surface area (Å²) in [7, 11) is 0. The van der Waals surface area contributed by atoms with E-state index in [-0.39, 0.29) is 23.9 Å². The smallest absolute Gasteiger partial charge is 0.287 e. The minimum atomic E-state index is -0.678. The third kappa shape index (κ3) is 4.34. The first-order chi connectivity index (χ1) is 15.0. The number of aromatic nitrogens is 1. The molecule has 2 heterocycles. The number of hydrogen-bond donors (Lipinski definition) is 2. The second-order valence-corrected chi connectivity index (χ2v) is 7.03. The van der Waals surface area contributed by atoms with Gasteiger partial charge in [0.15, 0.2) is 11.4 Å². The Morgan fingerprint density at radius 2 is 1.84 bits per heavy atom. The van der Waals surface area contributed by atoms with Gasteiger partial charge in [0.1, 0.15) is 6.54 Å². The molecular weight excluding hydrogens is 420 g/mol. The van der Waals surface area contributed by atoms with Crippen LogP contribution in [0.3, 0.4) is 0 Å². The van der Waals surface area contributed by atoms with Gasteiger partial charge in [-0.3, -0.25) is 9.59 Å². The molecule has 0 atom stereocenters. The molecule has 0 aliphatic rings. The fourth-order valence-corrected chi connectivity index (χ4v) is 3.31. The summed E-state index contributed by atoms with van der Waals surface area (Å²) >= 11 is 6.26. The molecule has 2 aromatic carbocycles. The molecule has 0 saturated heterocycles. The van der Waals surface area contributed by atoms with E-state index < -0.39 is 11.8 Å². The molecule has 4 rings (SSSR count). The van der Waals surface area contributed by atoms with E-state index in [1.807, 2.05) is 30.3 Å². The lowest BCUT2D eigenvalue weighted by atomic mass is 10.2. The van der Waals surface area contributed by atoms with E-state index in [4.69, 9.17) is 16.0 Å². The summed E-state index contributed by atoms with van der Waals surface area (Å²) in [5, 5.41) is 22.0. The monoisotopic (exact) mass is 436 g/mol. The van der Waals surface area contributed by atoms with E-state index in [0.29, 0.717) is 22.5 Å². The van der Waals surface area contributed by atoms with Gasteiger partial charge < -0.3 is 19.4 Å². The number of furan rings is 1. The molecule has 9 heteroatoms. The molecule has 0 fully saturated rings. The molecular formula is C22H17ClN4O4. The Bertz CT molecular complexity index is 1280. The standard InChI is InChI=1S/C22H17ClN4O4/c23-16-8-3-1-6-14(16)13-27-17-9-4-2-7-15(17)20(22(27)30)26-25-19(28)12-24-21(29)18-10-5-11-31-18/h1-11,30H,12-13H2,(H,24,29). The Balaban J connectivity index is 1.56. The molecule has 8 nitrogen and oxygen atoms in total. The lowest BCUT2D eigenvalue weighted by molar-refractivity contribution is -0.117. The number of para-hydroxylation sites is 1. The lowest BCUT2D eigenvalue weighted by Crippen LogP contribution is -2.28. The zero-order valence-corrected chi connectivity index (χ0v) is 16.9. The zero-order chi connectivity index (χ0) is 21.8. The number of carbonyl (C=O) groups excluding carboxylic acids is 2. The summed E-state index contributed by atoms with van der Waals surface area (Å²) in [4.78, 5) is 23.9. The molecule has 0 bridgehead atoms. The van der Waals surface area contributed by atoms with E-state index in [1.54, 1.807) is 28.8 Å². The first-order valence-electron chi connectivity index (χ1n) is 9.34. The number of aromatic hydroxyl groups is 1. The van der Waals surface area contributed by atoms with E-state index in [0.717, 1.165) is 5.56 Å². The Kier molecular flexibility index (Phi) is 5.81. The van der Waals surface area contributed by atoms with E-state index in [1.165, 1.54) is 12.3 Å². The average Bonchev–Trinajstić information content (AvgIpc) is 3.40. The SMILES string of the molecule is O=C(CNC(=O)c1ccco1)N=Nc1c(O)n(Cc2ccccc2Cl)c2ccccc12. The van der Waals surface area contributed by atoms with Crippen LogP contribution in [0, 0.1) is 0 Å². The summed E-state index contributed by atoms with van der Waals surface area (Å²) in [6, 6.07) is 17.6. The third-order valence-corrected chi connectivity index (χ3v) is 4.98. The normalized spacial score (nSPS) is 11.3. The summed E-state index contributed by atoms with van der Waals surface area (Å²) in [6.45, 7) is -0.0449. The van der Waals surface area contributed by atoms with E-state index in [9.17, 15) is 14.7 Å². The average molecular weight is 437 g/mol. The minimum absolute atomic E-state index is 0.0880. The van der Waals surface area contributed by atoms with Crippen molar-refractivity contribution in [2.24, 2.45) is 10.2 Å². The number of nitrogens with one attached hydrogen (secondary N) is 1. The van der Waals surface area contributed by atoms with Crippen LogP contribution in [0.1, 0.15) is 16.1 Å². The number of amides is 2. The van der Waals surface area contributed by atoms with Gasteiger partial charge in [0.25, 0.3) is 11.8 Å². The fourth-order valence-electron chi connectivity index (χ4n) is 3.12. The Morgan fingerprint density at radius 3 is 2.61 bits per heavy atom. The lowest BCUT2D eigenvalue weighted by Gasteiger charge is -2.08. The van der Waals surface area contributed by atoms with Crippen LogP contribution in [-0.4, -0.2) is 28.0 Å². The van der Waals surface area contributed by atoms with Gasteiger partial charge in [-0.25, -0.2) is 0 Å². The highest BCUT2D eigenvalue weighted by Crippen LogP contribution is 2.39. The highest BCUT2D eigenvalue weighted by atomic mass is 35.5. The van der Waals surface area contributed by atoms with Gasteiger partial charge in [0.05, 0.1) is 18.3 Å². The second kappa shape index (κ2) is 8.85. The molecule has 0 unspecified atom stereocenters. The van der Waals surface area contributed by atoms with Gasteiger partial charge in [-0.05, 0) is 29.8 Å². The van der Waals surface area contributed by atoms with Gasteiger partial charge in [-0.2, -0.15) is 0 Å². The van der Waals surface area contributed by atoms with Crippen molar-refractivity contribution >= 4 is 40.0 Å². The number of halogens is 1. The zero-order valence-electron chi connectivity index (χ0n) is 16.2. The highest BCUT2D eigenvalue weighted by Gasteiger charge is 2.18. The number of hydrogen-bond acceptors (Lipinski definition) is 5. The van der Waals surface area contributed by atoms with Gasteiger partial charge in [0, 0.05) is 10.4 Å². The third-order valence-electron chi connectivity index (χ3n) is 4.61. The van der Waals surface area contributed by atoms with Crippen molar-refractivity contribution in [2.45, 2.75) is 6.54 Å². The number of azo groups is 1. The summed E-state index contributed by atoms with van der Waals surface area (Å²) in [5.41, 5.74) is 1.70. The van der Waals surface area contributed by atoms with E-state index >= 15 is 0 Å². The number of fused-ring (bicyclic) bond motifs is 1. The molecule has 0 spiro atoms. The van der Waals surface area contributed by atoms with Crippen LogP contribution in [0.15, 0.2) is 81.6 Å². The molecule has 31 heavy (non-hydrogen) atoms. The maximum atomic E-state index is 12.1. The predicted octanol–water partition coefficient (Wildman–Crippen LogP) is 4.68. The molecule has 2 aromatic heterocycles. The van der Waals surface area contributed by atoms with Gasteiger partial charge in [-0.15, -0.1) is 10.2 Å². The Labute approximate surface area is 181 Å². The molecule has 156 valence electrons. The van der Waals surface area contributed by atoms with Crippen molar-refractivity contribution in [3.63, 3.8) is 0 Å². The largest absolute Gasteiger partial charge is 0.493 e. The van der Waals surface area contributed by atoms with E-state index in [2.05, 4.69) is 15.5 Å². The molecule has 0 radical (unpaired) electrons. The summed E-state index contributed by atoms with van der Waals surface area (Å²) in [5.74, 6) is -1.27. The Morgan fingerprint density at radius 1 is 1.06 bits per heavy atom. The maximum Gasteiger partial charge on any atom is 0.287 e. The van der Waals surface area contributed by atoms with Crippen molar-refractivity contribution in [3.8, 4) is 5.88 Å². The predicted molar refractivity (Wildman–Crippen MR) is 115 cm³/mol. The summed E-state index contributed by atoms with van der Waals surface area (Å²) in [6.07, 6.45) is 1.36. The highest BCUT2D eigenvalue weighted by molar-refractivity contribution is 6.31. The van der Waals surface area contributed by atoms with Crippen LogP contribution < -0.4 is 5.32 Å². The van der Waals surface area contributed by atoms with Crippen LogP contribution >= 0.6 is 11.6 Å². The molecule has 2 N–H and O–H groups in total. The van der Waals surface area contributed by atoms with Gasteiger partial charge in [0.2, 0.25) is 5.88 Å². The molecule has 0 aliphatic carbocycles. The molecule has 0 aliphatic heterocycles. The van der Waals surface area contributed by atoms with Crippen molar-refractivity contribution in [1.82, 2.24) is 9.88 Å². The quantitative estimate of drug-likeness (QED) is 0.427. The molecule has 4 aromatic rings. The van der Waals surface area contributed by atoms with Crippen molar-refractivity contribution in [3.05, 3.63) is 83.3 Å². The minimum Gasteiger partial charge on any atom is -0.493 e. The van der Waals surface area contributed by atoms with Crippen LogP contribution in [0.5, 0.6) is 5.88 Å². The van der Waals surface area contributed by atoms with Crippen LogP contribution in [0.2, 0.25) is 5.02 Å². The Hall–Kier alpha value is -3.91. The number of rotatable bonds is 6. The van der Waals surface area contributed by atoms with Crippen LogP contribution in [-0.2, 0) is 11.3 Å². The molecule has 2 amide bonds. The topological polar surface area (TPSA) is 109 Å². The maximum absolute atomic E-state index is 12.1. The number of nitrogens with zero attached hydrogens (tertiary/aromatic N) is 3. The number of carbonyl (C=O) groups is 2.